The highest BCUT2D eigenvalue weighted by molar-refractivity contribution is 7.89. The van der Waals surface area contributed by atoms with Crippen molar-refractivity contribution in [2.45, 2.75) is 50.3 Å². The quantitative estimate of drug-likeness (QED) is 0.845. The summed E-state index contributed by atoms with van der Waals surface area (Å²) in [6.07, 6.45) is 2.89. The van der Waals surface area contributed by atoms with Gasteiger partial charge in [-0.05, 0) is 32.8 Å². The van der Waals surface area contributed by atoms with E-state index in [9.17, 15) is 13.5 Å². The molecule has 6 nitrogen and oxygen atoms in total. The van der Waals surface area contributed by atoms with Gasteiger partial charge < -0.3 is 14.4 Å². The van der Waals surface area contributed by atoms with E-state index in [1.54, 1.807) is 10.8 Å². The maximum Gasteiger partial charge on any atom is 0.242 e. The van der Waals surface area contributed by atoms with E-state index in [0.717, 1.165) is 0 Å². The van der Waals surface area contributed by atoms with E-state index in [1.165, 1.54) is 6.07 Å². The Kier molecular flexibility index (Phi) is 4.53. The zero-order chi connectivity index (χ0) is 14.8. The van der Waals surface area contributed by atoms with Crippen molar-refractivity contribution in [3.05, 3.63) is 18.0 Å². The number of aromatic nitrogens is 1. The van der Waals surface area contributed by atoms with Gasteiger partial charge in [0.25, 0.3) is 0 Å². The van der Waals surface area contributed by atoms with Crippen LogP contribution in [0.5, 0.6) is 0 Å². The highest BCUT2D eigenvalue weighted by Gasteiger charge is 2.33. The van der Waals surface area contributed by atoms with Crippen LogP contribution in [0, 0.1) is 0 Å². The van der Waals surface area contributed by atoms with Gasteiger partial charge in [0.15, 0.2) is 0 Å². The summed E-state index contributed by atoms with van der Waals surface area (Å²) in [6, 6.07) is 1.52. The molecule has 1 saturated heterocycles. The van der Waals surface area contributed by atoms with E-state index in [-0.39, 0.29) is 11.5 Å². The molecule has 0 atom stereocenters. The lowest BCUT2D eigenvalue weighted by Gasteiger charge is -2.33. The summed E-state index contributed by atoms with van der Waals surface area (Å²) in [6.45, 7) is 5.39. The van der Waals surface area contributed by atoms with Crippen LogP contribution >= 0.6 is 0 Å². The fourth-order valence-corrected chi connectivity index (χ4v) is 3.93. The SMILES string of the molecule is CCn1cc(S(=O)(=O)NC2(C)CCOCC2)cc1CO. The van der Waals surface area contributed by atoms with Crippen molar-refractivity contribution in [2.24, 2.45) is 0 Å². The number of ether oxygens (including phenoxy) is 1. The third-order valence-corrected chi connectivity index (χ3v) is 5.36. The fraction of sp³-hybridized carbons (Fsp3) is 0.692. The molecule has 7 heteroatoms. The van der Waals surface area contributed by atoms with Crippen LogP contribution in [0.1, 0.15) is 32.4 Å². The summed E-state index contributed by atoms with van der Waals surface area (Å²) in [5.41, 5.74) is 0.134. The Morgan fingerprint density at radius 3 is 2.60 bits per heavy atom. The van der Waals surface area contributed by atoms with Crippen LogP contribution in [-0.2, 0) is 27.9 Å². The minimum Gasteiger partial charge on any atom is -0.390 e. The number of rotatable bonds is 5. The minimum absolute atomic E-state index is 0.172. The molecule has 0 amide bonds. The van der Waals surface area contributed by atoms with Gasteiger partial charge in [-0.3, -0.25) is 0 Å². The minimum atomic E-state index is -3.58. The van der Waals surface area contributed by atoms with Gasteiger partial charge in [-0.1, -0.05) is 0 Å². The van der Waals surface area contributed by atoms with Crippen molar-refractivity contribution < 1.29 is 18.3 Å². The van der Waals surface area contributed by atoms with Crippen LogP contribution < -0.4 is 4.72 Å². The molecular formula is C13H22N2O4S. The molecule has 20 heavy (non-hydrogen) atoms. The van der Waals surface area contributed by atoms with Gasteiger partial charge in [0.2, 0.25) is 10.0 Å². The molecule has 2 N–H and O–H groups in total. The Morgan fingerprint density at radius 1 is 1.45 bits per heavy atom. The van der Waals surface area contributed by atoms with E-state index in [4.69, 9.17) is 4.74 Å². The van der Waals surface area contributed by atoms with Crippen LogP contribution in [-0.4, -0.2) is 36.8 Å². The topological polar surface area (TPSA) is 80.6 Å². The smallest absolute Gasteiger partial charge is 0.242 e. The molecule has 0 aliphatic carbocycles. The predicted octanol–water partition coefficient (Wildman–Crippen LogP) is 0.848. The van der Waals surface area contributed by atoms with Crippen molar-refractivity contribution >= 4 is 10.0 Å². The summed E-state index contributed by atoms with van der Waals surface area (Å²) in [7, 11) is -3.58. The van der Waals surface area contributed by atoms with Gasteiger partial charge in [-0.15, -0.1) is 0 Å². The van der Waals surface area contributed by atoms with Crippen LogP contribution in [0.15, 0.2) is 17.2 Å². The lowest BCUT2D eigenvalue weighted by atomic mass is 9.94. The zero-order valence-corrected chi connectivity index (χ0v) is 12.7. The number of hydrogen-bond acceptors (Lipinski definition) is 4. The van der Waals surface area contributed by atoms with E-state index in [2.05, 4.69) is 4.72 Å². The standard InChI is InChI=1S/C13H22N2O4S/c1-3-15-9-12(8-11(15)10-16)20(17,18)14-13(2)4-6-19-7-5-13/h8-9,14,16H,3-7,10H2,1-2H3. The van der Waals surface area contributed by atoms with Crippen molar-refractivity contribution in [1.82, 2.24) is 9.29 Å². The maximum absolute atomic E-state index is 12.5. The summed E-state index contributed by atoms with van der Waals surface area (Å²) >= 11 is 0. The average Bonchev–Trinajstić information content (AvgIpc) is 2.82. The maximum atomic E-state index is 12.5. The van der Waals surface area contributed by atoms with Gasteiger partial charge in [0.05, 0.1) is 11.5 Å². The predicted molar refractivity (Wildman–Crippen MR) is 74.8 cm³/mol. The second-order valence-electron chi connectivity index (χ2n) is 5.39. The first kappa shape index (κ1) is 15.5. The fourth-order valence-electron chi connectivity index (χ4n) is 2.41. The molecule has 1 fully saturated rings. The third-order valence-electron chi connectivity index (χ3n) is 3.75. The largest absolute Gasteiger partial charge is 0.390 e. The second kappa shape index (κ2) is 5.85. The number of hydrogen-bond donors (Lipinski definition) is 2. The van der Waals surface area contributed by atoms with E-state index < -0.39 is 15.6 Å². The van der Waals surface area contributed by atoms with Crippen molar-refractivity contribution in [1.29, 1.82) is 0 Å². The first-order chi connectivity index (χ1) is 9.40. The lowest BCUT2D eigenvalue weighted by Crippen LogP contribution is -2.49. The van der Waals surface area contributed by atoms with Crippen LogP contribution in [0.4, 0.5) is 0 Å². The first-order valence-electron chi connectivity index (χ1n) is 6.82. The lowest BCUT2D eigenvalue weighted by molar-refractivity contribution is 0.0537. The van der Waals surface area contributed by atoms with Gasteiger partial charge in [-0.25, -0.2) is 13.1 Å². The normalized spacial score (nSPS) is 19.1. The number of aliphatic hydroxyl groups is 1. The van der Waals surface area contributed by atoms with E-state index in [0.29, 0.717) is 38.3 Å². The number of nitrogens with one attached hydrogen (secondary N) is 1. The molecule has 2 rings (SSSR count). The summed E-state index contributed by atoms with van der Waals surface area (Å²) in [5, 5.41) is 9.25. The van der Waals surface area contributed by atoms with E-state index in [1.807, 2.05) is 13.8 Å². The van der Waals surface area contributed by atoms with Gasteiger partial charge in [0.1, 0.15) is 0 Å². The number of aliphatic hydroxyl groups excluding tert-OH is 1. The number of aryl methyl sites for hydroxylation is 1. The van der Waals surface area contributed by atoms with Crippen molar-refractivity contribution in [3.63, 3.8) is 0 Å². The Morgan fingerprint density at radius 2 is 2.10 bits per heavy atom. The second-order valence-corrected chi connectivity index (χ2v) is 7.07. The molecule has 1 aromatic rings. The molecule has 2 heterocycles. The zero-order valence-electron chi connectivity index (χ0n) is 11.9. The Balaban J connectivity index is 2.23. The monoisotopic (exact) mass is 302 g/mol. The molecule has 0 radical (unpaired) electrons. The molecule has 0 spiro atoms. The van der Waals surface area contributed by atoms with Gasteiger partial charge in [0, 0.05) is 37.2 Å². The Labute approximate surface area is 119 Å². The molecule has 0 saturated carbocycles. The molecule has 0 unspecified atom stereocenters. The van der Waals surface area contributed by atoms with Crippen molar-refractivity contribution in [2.75, 3.05) is 13.2 Å². The Hall–Kier alpha value is -0.890. The summed E-state index contributed by atoms with van der Waals surface area (Å²) < 4.78 is 34.7. The van der Waals surface area contributed by atoms with Crippen LogP contribution in [0.25, 0.3) is 0 Å². The van der Waals surface area contributed by atoms with Gasteiger partial charge >= 0.3 is 0 Å². The first-order valence-corrected chi connectivity index (χ1v) is 8.30. The third kappa shape index (κ3) is 3.22. The van der Waals surface area contributed by atoms with E-state index >= 15 is 0 Å². The molecule has 0 aromatic carbocycles. The summed E-state index contributed by atoms with van der Waals surface area (Å²) in [4.78, 5) is 0.205. The highest BCUT2D eigenvalue weighted by atomic mass is 32.2. The molecule has 1 aliphatic rings. The van der Waals surface area contributed by atoms with Crippen molar-refractivity contribution in [3.8, 4) is 0 Å². The molecule has 114 valence electrons. The van der Waals surface area contributed by atoms with Crippen LogP contribution in [0.3, 0.4) is 0 Å². The summed E-state index contributed by atoms with van der Waals surface area (Å²) in [5.74, 6) is 0. The van der Waals surface area contributed by atoms with Gasteiger partial charge in [-0.2, -0.15) is 0 Å². The number of nitrogens with zero attached hydrogens (tertiary/aromatic N) is 1. The van der Waals surface area contributed by atoms with Crippen LogP contribution in [0.2, 0.25) is 0 Å². The molecule has 1 aliphatic heterocycles. The Bertz CT molecular complexity index is 537. The number of sulfonamides is 1. The average molecular weight is 302 g/mol. The highest BCUT2D eigenvalue weighted by Crippen LogP contribution is 2.24. The molecule has 1 aromatic heterocycles. The molecular weight excluding hydrogens is 280 g/mol. The molecule has 0 bridgehead atoms.